The Labute approximate surface area is 234 Å². The van der Waals surface area contributed by atoms with Gasteiger partial charge in [-0.15, -0.1) is 0 Å². The molecule has 5 aromatic rings. The largest absolute Gasteiger partial charge is 0.497 e. The topological polar surface area (TPSA) is 118 Å². The maximum Gasteiger partial charge on any atom is 0.229 e. The Balaban J connectivity index is 1.24. The first-order valence-electron chi connectivity index (χ1n) is 12.7. The van der Waals surface area contributed by atoms with E-state index in [1.807, 2.05) is 0 Å². The van der Waals surface area contributed by atoms with E-state index in [4.69, 9.17) is 31.0 Å². The van der Waals surface area contributed by atoms with Crippen molar-refractivity contribution < 1.29 is 13.9 Å². The number of nitrogens with one attached hydrogen (secondary N) is 1. The van der Waals surface area contributed by atoms with Gasteiger partial charge in [0.05, 0.1) is 29.5 Å². The van der Waals surface area contributed by atoms with E-state index in [9.17, 15) is 4.39 Å². The average Bonchev–Trinajstić information content (AvgIpc) is 3.39. The first-order chi connectivity index (χ1) is 19.5. The molecule has 4 aromatic heterocycles. The number of nitrogens with zero attached hydrogens (tertiary/aromatic N) is 8. The Kier molecular flexibility index (Phi) is 7.23. The Hall–Kier alpha value is -4.58. The minimum absolute atomic E-state index is 0.345. The molecule has 0 saturated carbocycles. The molecule has 1 saturated heterocycles. The number of imidazole rings is 1. The standard InChI is InChI=1S/C27H25ClFN9O2/c1-39-18-3-5-21(19(28)15-18)40-25-14-17(2-7-23-33-20-4-6-22(29)34-26(20)35-23)32-27(36-25)38-12-10-37(11-13-38)24-16-30-8-9-31-24/h3-6,8-9,14-16H,2,7,10-13H2,1H3,(H,33,34,35). The number of H-pyrrole nitrogens is 1. The van der Waals surface area contributed by atoms with Crippen LogP contribution in [0.3, 0.4) is 0 Å². The number of anilines is 2. The normalized spacial score (nSPS) is 13.6. The van der Waals surface area contributed by atoms with Crippen molar-refractivity contribution in [1.82, 2.24) is 34.9 Å². The second-order valence-corrected chi connectivity index (χ2v) is 9.53. The lowest BCUT2D eigenvalue weighted by Gasteiger charge is -2.35. The number of pyridine rings is 1. The van der Waals surface area contributed by atoms with Crippen LogP contribution in [-0.2, 0) is 12.8 Å². The molecule has 13 heteroatoms. The molecule has 5 heterocycles. The van der Waals surface area contributed by atoms with Gasteiger partial charge in [-0.25, -0.2) is 15.0 Å². The Morgan fingerprint density at radius 1 is 0.950 bits per heavy atom. The minimum Gasteiger partial charge on any atom is -0.497 e. The zero-order chi connectivity index (χ0) is 27.5. The number of hydrogen-bond acceptors (Lipinski definition) is 10. The van der Waals surface area contributed by atoms with Crippen LogP contribution in [-0.4, -0.2) is 68.2 Å². The number of halogens is 2. The molecule has 1 aromatic carbocycles. The molecule has 1 N–H and O–H groups in total. The summed E-state index contributed by atoms with van der Waals surface area (Å²) in [5.41, 5.74) is 1.79. The third-order valence-corrected chi connectivity index (χ3v) is 6.81. The summed E-state index contributed by atoms with van der Waals surface area (Å²) in [7, 11) is 1.58. The Bertz CT molecular complexity index is 1630. The van der Waals surface area contributed by atoms with Crippen LogP contribution in [0.4, 0.5) is 16.2 Å². The summed E-state index contributed by atoms with van der Waals surface area (Å²) in [4.78, 5) is 33.9. The quantitative estimate of drug-likeness (QED) is 0.275. The predicted octanol–water partition coefficient (Wildman–Crippen LogP) is 4.24. The van der Waals surface area contributed by atoms with Gasteiger partial charge in [-0.05, 0) is 30.7 Å². The lowest BCUT2D eigenvalue weighted by molar-refractivity contribution is 0.412. The van der Waals surface area contributed by atoms with Crippen LogP contribution < -0.4 is 19.3 Å². The van der Waals surface area contributed by atoms with Crippen LogP contribution in [0, 0.1) is 5.95 Å². The number of aromatic nitrogens is 7. The number of rotatable bonds is 8. The molecule has 6 rings (SSSR count). The molecule has 1 aliphatic heterocycles. The molecule has 0 aliphatic carbocycles. The summed E-state index contributed by atoms with van der Waals surface area (Å²) < 4.78 is 24.9. The molecular formula is C27H25ClFN9O2. The highest BCUT2D eigenvalue weighted by molar-refractivity contribution is 6.32. The Morgan fingerprint density at radius 2 is 1.80 bits per heavy atom. The third-order valence-electron chi connectivity index (χ3n) is 6.51. The number of fused-ring (bicyclic) bond motifs is 1. The number of aromatic amines is 1. The first kappa shape index (κ1) is 25.7. The zero-order valence-corrected chi connectivity index (χ0v) is 22.3. The second kappa shape index (κ2) is 11.3. The molecule has 1 fully saturated rings. The number of hydrogen-bond donors (Lipinski definition) is 1. The summed E-state index contributed by atoms with van der Waals surface area (Å²) in [5.74, 6) is 2.98. The van der Waals surface area contributed by atoms with E-state index in [-0.39, 0.29) is 0 Å². The zero-order valence-electron chi connectivity index (χ0n) is 21.6. The van der Waals surface area contributed by atoms with Gasteiger partial charge in [0.1, 0.15) is 23.1 Å². The molecule has 0 bridgehead atoms. The van der Waals surface area contributed by atoms with E-state index in [2.05, 4.69) is 34.7 Å². The molecule has 11 nitrogen and oxygen atoms in total. The lowest BCUT2D eigenvalue weighted by Crippen LogP contribution is -2.47. The highest BCUT2D eigenvalue weighted by atomic mass is 35.5. The average molecular weight is 562 g/mol. The number of benzene rings is 1. The summed E-state index contributed by atoms with van der Waals surface area (Å²) in [5, 5.41) is 0.403. The smallest absolute Gasteiger partial charge is 0.229 e. The van der Waals surface area contributed by atoms with Crippen molar-refractivity contribution in [2.24, 2.45) is 0 Å². The summed E-state index contributed by atoms with van der Waals surface area (Å²) in [6.07, 6.45) is 6.20. The summed E-state index contributed by atoms with van der Waals surface area (Å²) >= 11 is 6.43. The molecule has 204 valence electrons. The number of methoxy groups -OCH3 is 1. The van der Waals surface area contributed by atoms with Crippen molar-refractivity contribution in [1.29, 1.82) is 0 Å². The van der Waals surface area contributed by atoms with Gasteiger partial charge in [0.2, 0.25) is 17.8 Å². The first-order valence-corrected chi connectivity index (χ1v) is 13.1. The third kappa shape index (κ3) is 5.71. The number of piperazine rings is 1. The molecule has 0 spiro atoms. The van der Waals surface area contributed by atoms with E-state index >= 15 is 0 Å². The monoisotopic (exact) mass is 561 g/mol. The highest BCUT2D eigenvalue weighted by Gasteiger charge is 2.22. The van der Waals surface area contributed by atoms with E-state index in [0.717, 1.165) is 24.6 Å². The van der Waals surface area contributed by atoms with Gasteiger partial charge < -0.3 is 24.3 Å². The number of ether oxygens (including phenoxy) is 2. The predicted molar refractivity (Wildman–Crippen MR) is 148 cm³/mol. The Morgan fingerprint density at radius 3 is 2.58 bits per heavy atom. The van der Waals surface area contributed by atoms with Crippen molar-refractivity contribution in [3.05, 3.63) is 77.5 Å². The van der Waals surface area contributed by atoms with Crippen LogP contribution in [0.5, 0.6) is 17.4 Å². The van der Waals surface area contributed by atoms with Gasteiger partial charge in [-0.3, -0.25) is 4.98 Å². The summed E-state index contributed by atoms with van der Waals surface area (Å²) in [6, 6.07) is 9.92. The molecule has 0 radical (unpaired) electrons. The highest BCUT2D eigenvalue weighted by Crippen LogP contribution is 2.32. The molecule has 0 atom stereocenters. The van der Waals surface area contributed by atoms with Crippen molar-refractivity contribution >= 4 is 34.5 Å². The molecular weight excluding hydrogens is 537 g/mol. The molecule has 0 amide bonds. The van der Waals surface area contributed by atoms with Crippen molar-refractivity contribution in [3.63, 3.8) is 0 Å². The fraction of sp³-hybridized carbons (Fsp3) is 0.259. The van der Waals surface area contributed by atoms with Crippen LogP contribution >= 0.6 is 11.6 Å². The molecule has 1 aliphatic rings. The van der Waals surface area contributed by atoms with Gasteiger partial charge >= 0.3 is 0 Å². The van der Waals surface area contributed by atoms with Gasteiger partial charge in [0.25, 0.3) is 0 Å². The van der Waals surface area contributed by atoms with E-state index < -0.39 is 5.95 Å². The molecule has 40 heavy (non-hydrogen) atoms. The fourth-order valence-corrected chi connectivity index (χ4v) is 4.67. The van der Waals surface area contributed by atoms with Crippen molar-refractivity contribution in [2.45, 2.75) is 12.8 Å². The van der Waals surface area contributed by atoms with Gasteiger partial charge in [-0.2, -0.15) is 14.4 Å². The molecule has 0 unspecified atom stereocenters. The van der Waals surface area contributed by atoms with Gasteiger partial charge in [0.15, 0.2) is 5.65 Å². The van der Waals surface area contributed by atoms with Crippen molar-refractivity contribution in [3.8, 4) is 17.4 Å². The van der Waals surface area contributed by atoms with Gasteiger partial charge in [0, 0.05) is 57.1 Å². The SMILES string of the molecule is COc1ccc(Oc2cc(CCc3nc4nc(F)ccc4[nH]3)nc(N3CCN(c4cnccn4)CC3)n2)c(Cl)c1. The maximum absolute atomic E-state index is 13.5. The van der Waals surface area contributed by atoms with Gasteiger partial charge in [-0.1, -0.05) is 11.6 Å². The summed E-state index contributed by atoms with van der Waals surface area (Å²) in [6.45, 7) is 2.89. The van der Waals surface area contributed by atoms with Crippen molar-refractivity contribution in [2.75, 3.05) is 43.1 Å². The van der Waals surface area contributed by atoms with E-state index in [1.165, 1.54) is 6.07 Å². The van der Waals surface area contributed by atoms with E-state index in [0.29, 0.717) is 71.3 Å². The maximum atomic E-state index is 13.5. The lowest BCUT2D eigenvalue weighted by atomic mass is 10.2. The van der Waals surface area contributed by atoms with E-state index in [1.54, 1.807) is 56.0 Å². The van der Waals surface area contributed by atoms with Crippen LogP contribution in [0.2, 0.25) is 5.02 Å². The fourth-order valence-electron chi connectivity index (χ4n) is 4.46. The second-order valence-electron chi connectivity index (χ2n) is 9.12. The van der Waals surface area contributed by atoms with Crippen LogP contribution in [0.15, 0.2) is 55.0 Å². The number of aryl methyl sites for hydroxylation is 2. The van der Waals surface area contributed by atoms with Crippen LogP contribution in [0.1, 0.15) is 11.5 Å². The minimum atomic E-state index is -0.565. The van der Waals surface area contributed by atoms with Crippen LogP contribution in [0.25, 0.3) is 11.2 Å².